The standard InChI is InChI=1S/C33H31N3O6S/c1-4-42-33(39)27-26(22-13-9-15-24(18-22)41-3)28(30(37)35-19-20-10-6-5-7-11-20)32-36(29(27)34)31(38)25(43-32)17-21-12-8-14-23(16-21)40-2/h5-18,26H,4,19,34H2,1-3H3,(H,35,37)/b25-17-. The summed E-state index contributed by atoms with van der Waals surface area (Å²) in [7, 11) is 3.10. The van der Waals surface area contributed by atoms with E-state index in [4.69, 9.17) is 19.9 Å². The first-order valence-corrected chi connectivity index (χ1v) is 14.4. The normalized spacial score (nSPS) is 14.7. The van der Waals surface area contributed by atoms with Gasteiger partial charge in [0, 0.05) is 6.54 Å². The molecule has 2 heterocycles. The maximum absolute atomic E-state index is 14.1. The van der Waals surface area contributed by atoms with E-state index in [1.807, 2.05) is 42.5 Å². The van der Waals surface area contributed by atoms with Crippen LogP contribution < -0.4 is 35.3 Å². The van der Waals surface area contributed by atoms with Gasteiger partial charge in [0.1, 0.15) is 22.0 Å². The molecule has 0 fully saturated rings. The van der Waals surface area contributed by atoms with Crippen LogP contribution in [0.15, 0.2) is 89.2 Å². The molecule has 0 aliphatic carbocycles. The number of carbonyl (C=O) groups is 2. The number of nitrogens with one attached hydrogen (secondary N) is 1. The number of rotatable bonds is 9. The molecule has 1 amide bonds. The number of carbonyl (C=O) groups excluding carboxylic acids is 2. The van der Waals surface area contributed by atoms with Crippen molar-refractivity contribution in [1.82, 2.24) is 9.88 Å². The van der Waals surface area contributed by atoms with Gasteiger partial charge in [-0.3, -0.25) is 14.2 Å². The van der Waals surface area contributed by atoms with E-state index in [0.717, 1.165) is 22.5 Å². The highest BCUT2D eigenvalue weighted by molar-refractivity contribution is 7.07. The van der Waals surface area contributed by atoms with Crippen molar-refractivity contribution in [3.05, 3.63) is 121 Å². The fraction of sp³-hybridized carbons (Fsp3) is 0.182. The van der Waals surface area contributed by atoms with E-state index in [0.29, 0.717) is 26.3 Å². The van der Waals surface area contributed by atoms with Crippen molar-refractivity contribution in [3.63, 3.8) is 0 Å². The van der Waals surface area contributed by atoms with Crippen LogP contribution in [0, 0.1) is 0 Å². The van der Waals surface area contributed by atoms with Crippen molar-refractivity contribution in [2.24, 2.45) is 5.73 Å². The highest BCUT2D eigenvalue weighted by atomic mass is 32.1. The van der Waals surface area contributed by atoms with Crippen LogP contribution in [-0.2, 0) is 20.9 Å². The fourth-order valence-corrected chi connectivity index (χ4v) is 6.16. The van der Waals surface area contributed by atoms with Gasteiger partial charge < -0.3 is 25.3 Å². The maximum Gasteiger partial charge on any atom is 0.338 e. The van der Waals surface area contributed by atoms with Crippen LogP contribution in [0.2, 0.25) is 0 Å². The van der Waals surface area contributed by atoms with Crippen LogP contribution in [0.1, 0.15) is 29.5 Å². The van der Waals surface area contributed by atoms with Crippen LogP contribution in [0.25, 0.3) is 17.5 Å². The van der Waals surface area contributed by atoms with Gasteiger partial charge in [-0.2, -0.15) is 0 Å². The van der Waals surface area contributed by atoms with E-state index < -0.39 is 23.4 Å². The highest BCUT2D eigenvalue weighted by Gasteiger charge is 2.39. The van der Waals surface area contributed by atoms with Gasteiger partial charge in [0.05, 0.1) is 42.4 Å². The Hall–Kier alpha value is -5.09. The summed E-state index contributed by atoms with van der Waals surface area (Å²) in [5, 5.41) is 2.98. The summed E-state index contributed by atoms with van der Waals surface area (Å²) >= 11 is 1.13. The Bertz CT molecular complexity index is 1890. The summed E-state index contributed by atoms with van der Waals surface area (Å²) in [6.45, 7) is 2.00. The lowest BCUT2D eigenvalue weighted by Gasteiger charge is -2.27. The summed E-state index contributed by atoms with van der Waals surface area (Å²) in [4.78, 5) is 41.5. The molecule has 1 aromatic heterocycles. The summed E-state index contributed by atoms with van der Waals surface area (Å²) in [5.74, 6) is -1.04. The number of amides is 1. The number of nitrogens with zero attached hydrogens (tertiary/aromatic N) is 1. The molecule has 1 atom stereocenters. The zero-order valence-electron chi connectivity index (χ0n) is 24.0. The van der Waals surface area contributed by atoms with Gasteiger partial charge in [-0.1, -0.05) is 54.6 Å². The molecule has 1 aliphatic rings. The molecule has 0 bridgehead atoms. The van der Waals surface area contributed by atoms with Crippen molar-refractivity contribution in [2.75, 3.05) is 20.8 Å². The third-order valence-corrected chi connectivity index (χ3v) is 8.11. The summed E-state index contributed by atoms with van der Waals surface area (Å²) in [5.41, 5.74) is 8.58. The molecule has 0 saturated heterocycles. The molecule has 4 aromatic rings. The molecule has 3 aromatic carbocycles. The van der Waals surface area contributed by atoms with E-state index in [1.54, 1.807) is 56.5 Å². The molecule has 1 aliphatic heterocycles. The van der Waals surface area contributed by atoms with E-state index in [9.17, 15) is 14.4 Å². The number of thiazole rings is 1. The molecule has 0 spiro atoms. The molecule has 0 radical (unpaired) electrons. The van der Waals surface area contributed by atoms with Crippen molar-refractivity contribution < 1.29 is 23.8 Å². The van der Waals surface area contributed by atoms with Gasteiger partial charge in [0.2, 0.25) is 0 Å². The van der Waals surface area contributed by atoms with Gasteiger partial charge in [-0.05, 0) is 54.0 Å². The monoisotopic (exact) mass is 597 g/mol. The first kappa shape index (κ1) is 29.4. The second-order valence-corrected chi connectivity index (χ2v) is 10.7. The Morgan fingerprint density at radius 1 is 0.953 bits per heavy atom. The van der Waals surface area contributed by atoms with Crippen LogP contribution in [0.3, 0.4) is 0 Å². The molecule has 43 heavy (non-hydrogen) atoms. The average Bonchev–Trinajstić information content (AvgIpc) is 3.35. The molecular weight excluding hydrogens is 566 g/mol. The van der Waals surface area contributed by atoms with E-state index in [-0.39, 0.29) is 30.1 Å². The predicted molar refractivity (Wildman–Crippen MR) is 166 cm³/mol. The van der Waals surface area contributed by atoms with Crippen LogP contribution in [0.4, 0.5) is 0 Å². The molecule has 0 saturated carbocycles. The lowest BCUT2D eigenvalue weighted by Crippen LogP contribution is -2.43. The first-order chi connectivity index (χ1) is 20.9. The summed E-state index contributed by atoms with van der Waals surface area (Å²) in [6.07, 6.45) is 1.71. The minimum atomic E-state index is -0.937. The van der Waals surface area contributed by atoms with Crippen LogP contribution >= 0.6 is 11.3 Å². The van der Waals surface area contributed by atoms with Gasteiger partial charge >= 0.3 is 5.97 Å². The number of aromatic nitrogens is 1. The predicted octanol–water partition coefficient (Wildman–Crippen LogP) is 2.71. The number of methoxy groups -OCH3 is 2. The van der Waals surface area contributed by atoms with E-state index in [2.05, 4.69) is 5.32 Å². The van der Waals surface area contributed by atoms with Gasteiger partial charge in [-0.15, -0.1) is 11.3 Å². The average molecular weight is 598 g/mol. The van der Waals surface area contributed by atoms with Crippen molar-refractivity contribution in [1.29, 1.82) is 0 Å². The van der Waals surface area contributed by atoms with E-state index in [1.165, 1.54) is 11.7 Å². The SMILES string of the molecule is CCOC(=O)C1=C(N)n2c(s/c(=C\c3cccc(OC)c3)c2=O)=C(C(=O)NCc2ccccc2)C1c1cccc(OC)c1. The lowest BCUT2D eigenvalue weighted by molar-refractivity contribution is -0.138. The molecular formula is C33H31N3O6S. The third kappa shape index (κ3) is 5.96. The topological polar surface area (TPSA) is 122 Å². The number of benzene rings is 3. The quantitative estimate of drug-likeness (QED) is 0.285. The number of fused-ring (bicyclic) bond motifs is 1. The number of hydrogen-bond acceptors (Lipinski definition) is 8. The second kappa shape index (κ2) is 12.8. The number of ether oxygens (including phenoxy) is 3. The Morgan fingerprint density at radius 2 is 1.65 bits per heavy atom. The molecule has 3 N–H and O–H groups in total. The Kier molecular flexibility index (Phi) is 8.77. The lowest BCUT2D eigenvalue weighted by atomic mass is 9.82. The van der Waals surface area contributed by atoms with Gasteiger partial charge in [0.25, 0.3) is 11.5 Å². The Morgan fingerprint density at radius 3 is 2.35 bits per heavy atom. The number of esters is 1. The fourth-order valence-electron chi connectivity index (χ4n) is 4.99. The van der Waals surface area contributed by atoms with Crippen molar-refractivity contribution in [3.8, 4) is 11.5 Å². The molecule has 1 unspecified atom stereocenters. The van der Waals surface area contributed by atoms with Crippen molar-refractivity contribution >= 4 is 40.7 Å². The van der Waals surface area contributed by atoms with Gasteiger partial charge in [0.15, 0.2) is 0 Å². The van der Waals surface area contributed by atoms with Crippen LogP contribution in [-0.4, -0.2) is 37.3 Å². The molecule has 9 nitrogen and oxygen atoms in total. The van der Waals surface area contributed by atoms with Crippen molar-refractivity contribution in [2.45, 2.75) is 19.4 Å². The third-order valence-electron chi connectivity index (χ3n) is 7.00. The van der Waals surface area contributed by atoms with E-state index >= 15 is 0 Å². The first-order valence-electron chi connectivity index (χ1n) is 13.6. The minimum Gasteiger partial charge on any atom is -0.497 e. The zero-order chi connectivity index (χ0) is 30.5. The Balaban J connectivity index is 1.79. The molecule has 5 rings (SSSR count). The largest absolute Gasteiger partial charge is 0.497 e. The molecule has 10 heteroatoms. The number of hydrogen-bond donors (Lipinski definition) is 2. The van der Waals surface area contributed by atoms with Gasteiger partial charge in [-0.25, -0.2) is 4.79 Å². The number of nitrogens with two attached hydrogens (primary N) is 1. The van der Waals surface area contributed by atoms with Crippen LogP contribution in [0.5, 0.6) is 11.5 Å². The maximum atomic E-state index is 14.1. The molecule has 220 valence electrons. The summed E-state index contributed by atoms with van der Waals surface area (Å²) in [6, 6.07) is 23.8. The summed E-state index contributed by atoms with van der Waals surface area (Å²) < 4.78 is 18.1. The minimum absolute atomic E-state index is 0.000273. The Labute approximate surface area is 252 Å². The second-order valence-electron chi connectivity index (χ2n) is 9.64. The smallest absolute Gasteiger partial charge is 0.338 e. The highest BCUT2D eigenvalue weighted by Crippen LogP contribution is 2.38. The zero-order valence-corrected chi connectivity index (χ0v) is 24.8.